The van der Waals surface area contributed by atoms with Crippen molar-refractivity contribution in [3.8, 4) is 5.69 Å². The molecular weight excluding hydrogens is 265 g/mol. The molecule has 2 heterocycles. The van der Waals surface area contributed by atoms with E-state index in [0.29, 0.717) is 22.7 Å². The summed E-state index contributed by atoms with van der Waals surface area (Å²) in [6, 6.07) is 8.72. The summed E-state index contributed by atoms with van der Waals surface area (Å²) in [6.07, 6.45) is 1.68. The van der Waals surface area contributed by atoms with Crippen LogP contribution in [0.4, 0.5) is 4.39 Å². The van der Waals surface area contributed by atoms with Crippen molar-refractivity contribution in [1.29, 1.82) is 0 Å². The predicted molar refractivity (Wildman–Crippen MR) is 73.1 cm³/mol. The normalized spacial score (nSPS) is 11.1. The zero-order valence-electron chi connectivity index (χ0n) is 10.3. The Morgan fingerprint density at radius 1 is 1.32 bits per heavy atom. The van der Waals surface area contributed by atoms with E-state index in [1.54, 1.807) is 23.8 Å². The SMILES string of the molecule is Cc1ccc(-n2c(CCl)nc3cccnc32)cc1F. The van der Waals surface area contributed by atoms with Crippen molar-refractivity contribution in [2.45, 2.75) is 12.8 Å². The zero-order chi connectivity index (χ0) is 13.4. The molecule has 0 saturated carbocycles. The molecule has 0 saturated heterocycles. The molecule has 0 amide bonds. The average molecular weight is 276 g/mol. The van der Waals surface area contributed by atoms with Crippen molar-refractivity contribution in [1.82, 2.24) is 14.5 Å². The van der Waals surface area contributed by atoms with Gasteiger partial charge >= 0.3 is 0 Å². The lowest BCUT2D eigenvalue weighted by Gasteiger charge is -2.08. The Labute approximate surface area is 114 Å². The van der Waals surface area contributed by atoms with Gasteiger partial charge in [-0.25, -0.2) is 14.4 Å². The van der Waals surface area contributed by atoms with Gasteiger partial charge in [-0.15, -0.1) is 11.6 Å². The lowest BCUT2D eigenvalue weighted by Crippen LogP contribution is -2.01. The predicted octanol–water partition coefficient (Wildman–Crippen LogP) is 3.61. The summed E-state index contributed by atoms with van der Waals surface area (Å²) < 4.78 is 15.5. The third-order valence-electron chi connectivity index (χ3n) is 3.02. The summed E-state index contributed by atoms with van der Waals surface area (Å²) in [4.78, 5) is 8.70. The summed E-state index contributed by atoms with van der Waals surface area (Å²) in [7, 11) is 0. The fraction of sp³-hybridized carbons (Fsp3) is 0.143. The minimum Gasteiger partial charge on any atom is -0.280 e. The van der Waals surface area contributed by atoms with Crippen molar-refractivity contribution in [2.24, 2.45) is 0 Å². The maximum atomic E-state index is 13.7. The third kappa shape index (κ3) is 1.98. The van der Waals surface area contributed by atoms with Crippen LogP contribution in [0.25, 0.3) is 16.9 Å². The molecule has 0 radical (unpaired) electrons. The molecule has 0 N–H and O–H groups in total. The Balaban J connectivity index is 2.31. The summed E-state index contributed by atoms with van der Waals surface area (Å²) in [5, 5.41) is 0. The van der Waals surface area contributed by atoms with Gasteiger partial charge in [-0.05, 0) is 36.8 Å². The topological polar surface area (TPSA) is 30.7 Å². The van der Waals surface area contributed by atoms with Crippen molar-refractivity contribution in [2.75, 3.05) is 0 Å². The van der Waals surface area contributed by atoms with Crippen LogP contribution < -0.4 is 0 Å². The van der Waals surface area contributed by atoms with Gasteiger partial charge in [0.25, 0.3) is 0 Å². The van der Waals surface area contributed by atoms with E-state index in [9.17, 15) is 4.39 Å². The van der Waals surface area contributed by atoms with Gasteiger partial charge in [0.1, 0.15) is 17.2 Å². The fourth-order valence-electron chi connectivity index (χ4n) is 2.04. The van der Waals surface area contributed by atoms with Crippen LogP contribution in [0.3, 0.4) is 0 Å². The third-order valence-corrected chi connectivity index (χ3v) is 3.26. The van der Waals surface area contributed by atoms with Crippen LogP contribution in [0.2, 0.25) is 0 Å². The number of fused-ring (bicyclic) bond motifs is 1. The lowest BCUT2D eigenvalue weighted by atomic mass is 10.2. The van der Waals surface area contributed by atoms with Crippen LogP contribution in [-0.2, 0) is 5.88 Å². The molecule has 0 spiro atoms. The number of rotatable bonds is 2. The second-order valence-corrected chi connectivity index (χ2v) is 4.54. The number of hydrogen-bond donors (Lipinski definition) is 0. The molecule has 96 valence electrons. The van der Waals surface area contributed by atoms with Gasteiger partial charge in [-0.3, -0.25) is 4.57 Å². The maximum absolute atomic E-state index is 13.7. The van der Waals surface area contributed by atoms with Gasteiger partial charge in [-0.1, -0.05) is 6.07 Å². The highest BCUT2D eigenvalue weighted by Gasteiger charge is 2.13. The number of aromatic nitrogens is 3. The Morgan fingerprint density at radius 3 is 2.89 bits per heavy atom. The number of alkyl halides is 1. The fourth-order valence-corrected chi connectivity index (χ4v) is 2.22. The zero-order valence-corrected chi connectivity index (χ0v) is 11.0. The molecule has 0 aliphatic rings. The Hall–Kier alpha value is -1.94. The van der Waals surface area contributed by atoms with Gasteiger partial charge in [-0.2, -0.15) is 0 Å². The molecule has 2 aromatic heterocycles. The summed E-state index contributed by atoms with van der Waals surface area (Å²) in [6.45, 7) is 1.73. The van der Waals surface area contributed by atoms with Gasteiger partial charge < -0.3 is 0 Å². The number of hydrogen-bond acceptors (Lipinski definition) is 2. The van der Waals surface area contributed by atoms with E-state index < -0.39 is 0 Å². The number of benzene rings is 1. The van der Waals surface area contributed by atoms with Crippen molar-refractivity contribution < 1.29 is 4.39 Å². The molecule has 0 aliphatic heterocycles. The Kier molecular flexibility index (Phi) is 2.95. The van der Waals surface area contributed by atoms with Crippen LogP contribution >= 0.6 is 11.6 Å². The molecule has 5 heteroatoms. The molecule has 0 fully saturated rings. The summed E-state index contributed by atoms with van der Waals surface area (Å²) in [5.74, 6) is 0.640. The van der Waals surface area contributed by atoms with Crippen LogP contribution in [0, 0.1) is 12.7 Å². The number of aryl methyl sites for hydroxylation is 1. The molecule has 0 bridgehead atoms. The van der Waals surface area contributed by atoms with E-state index >= 15 is 0 Å². The first-order valence-electron chi connectivity index (χ1n) is 5.85. The first kappa shape index (κ1) is 12.1. The standard InChI is InChI=1S/C14H11ClFN3/c1-9-4-5-10(7-11(9)16)19-13(8-15)18-12-3-2-6-17-14(12)19/h2-7H,8H2,1H3. The number of pyridine rings is 1. The van der Waals surface area contributed by atoms with Crippen LogP contribution in [0.15, 0.2) is 36.5 Å². The van der Waals surface area contributed by atoms with Gasteiger partial charge in [0.05, 0.1) is 11.6 Å². The van der Waals surface area contributed by atoms with Gasteiger partial charge in [0.15, 0.2) is 5.65 Å². The molecule has 3 rings (SSSR count). The molecule has 19 heavy (non-hydrogen) atoms. The van der Waals surface area contributed by atoms with Gasteiger partial charge in [0, 0.05) is 6.20 Å². The highest BCUT2D eigenvalue weighted by atomic mass is 35.5. The van der Waals surface area contributed by atoms with E-state index in [2.05, 4.69) is 9.97 Å². The minimum absolute atomic E-state index is 0.242. The highest BCUT2D eigenvalue weighted by Crippen LogP contribution is 2.22. The largest absolute Gasteiger partial charge is 0.280 e. The monoisotopic (exact) mass is 275 g/mol. The van der Waals surface area contributed by atoms with Crippen molar-refractivity contribution in [3.05, 3.63) is 53.7 Å². The molecule has 0 unspecified atom stereocenters. The number of imidazole rings is 1. The molecular formula is C14H11ClFN3. The van der Waals surface area contributed by atoms with E-state index in [1.807, 2.05) is 18.2 Å². The van der Waals surface area contributed by atoms with Crippen molar-refractivity contribution >= 4 is 22.8 Å². The summed E-state index contributed by atoms with van der Waals surface area (Å²) >= 11 is 5.92. The van der Waals surface area contributed by atoms with E-state index in [-0.39, 0.29) is 11.7 Å². The molecule has 1 aromatic carbocycles. The van der Waals surface area contributed by atoms with Crippen LogP contribution in [-0.4, -0.2) is 14.5 Å². The second kappa shape index (κ2) is 4.63. The van der Waals surface area contributed by atoms with Crippen LogP contribution in [0.1, 0.15) is 11.4 Å². The average Bonchev–Trinajstić information content (AvgIpc) is 2.80. The molecule has 0 aliphatic carbocycles. The number of nitrogens with zero attached hydrogens (tertiary/aromatic N) is 3. The minimum atomic E-state index is -0.254. The molecule has 3 nitrogen and oxygen atoms in total. The Morgan fingerprint density at radius 2 is 2.16 bits per heavy atom. The van der Waals surface area contributed by atoms with Crippen molar-refractivity contribution in [3.63, 3.8) is 0 Å². The van der Waals surface area contributed by atoms with E-state index in [0.717, 1.165) is 5.52 Å². The van der Waals surface area contributed by atoms with E-state index in [1.165, 1.54) is 6.07 Å². The highest BCUT2D eigenvalue weighted by molar-refractivity contribution is 6.16. The first-order chi connectivity index (χ1) is 9.20. The number of halogens is 2. The second-order valence-electron chi connectivity index (χ2n) is 4.28. The quantitative estimate of drug-likeness (QED) is 0.669. The maximum Gasteiger partial charge on any atom is 0.164 e. The van der Waals surface area contributed by atoms with Crippen LogP contribution in [0.5, 0.6) is 0 Å². The van der Waals surface area contributed by atoms with Gasteiger partial charge in [0.2, 0.25) is 0 Å². The molecule has 3 aromatic rings. The summed E-state index contributed by atoms with van der Waals surface area (Å²) in [5.41, 5.74) is 2.72. The smallest absolute Gasteiger partial charge is 0.164 e. The molecule has 0 atom stereocenters. The lowest BCUT2D eigenvalue weighted by molar-refractivity contribution is 0.617. The van der Waals surface area contributed by atoms with E-state index in [4.69, 9.17) is 11.6 Å². The Bertz CT molecular complexity index is 752. The first-order valence-corrected chi connectivity index (χ1v) is 6.39.